The van der Waals surface area contributed by atoms with Crippen molar-refractivity contribution in [1.29, 1.82) is 0 Å². The number of anilines is 2. The van der Waals surface area contributed by atoms with Crippen molar-refractivity contribution in [2.24, 2.45) is 5.92 Å². The zero-order valence-corrected chi connectivity index (χ0v) is 16.3. The molecule has 1 aliphatic rings. The molecule has 0 aromatic heterocycles. The molecule has 0 spiro atoms. The summed E-state index contributed by atoms with van der Waals surface area (Å²) in [6.45, 7) is 2.02. The maximum Gasteiger partial charge on any atom is 0.335 e. The van der Waals surface area contributed by atoms with Gasteiger partial charge in [-0.1, -0.05) is 42.8 Å². The number of rotatable bonds is 5. The number of carbonyl (C=O) groups excluding carboxylic acids is 1. The Morgan fingerprint density at radius 1 is 0.897 bits per heavy atom. The van der Waals surface area contributed by atoms with Crippen molar-refractivity contribution in [3.05, 3.63) is 83.9 Å². The molecular formula is C25H23NO3. The van der Waals surface area contributed by atoms with Crippen LogP contribution in [0.1, 0.15) is 35.2 Å². The molecule has 1 N–H and O–H groups in total. The first-order valence-electron chi connectivity index (χ1n) is 9.88. The summed E-state index contributed by atoms with van der Waals surface area (Å²) in [5.41, 5.74) is 4.94. The van der Waals surface area contributed by atoms with Crippen LogP contribution in [-0.4, -0.2) is 17.0 Å². The van der Waals surface area contributed by atoms with E-state index in [9.17, 15) is 9.59 Å². The van der Waals surface area contributed by atoms with E-state index in [-0.39, 0.29) is 17.4 Å². The summed E-state index contributed by atoms with van der Waals surface area (Å²) in [5, 5.41) is 9.14. The molecule has 4 rings (SSSR count). The van der Waals surface area contributed by atoms with Crippen LogP contribution in [0, 0.1) is 12.8 Å². The molecule has 0 unspecified atom stereocenters. The first-order valence-corrected chi connectivity index (χ1v) is 9.88. The Balaban J connectivity index is 1.76. The van der Waals surface area contributed by atoms with E-state index >= 15 is 0 Å². The summed E-state index contributed by atoms with van der Waals surface area (Å²) in [6, 6.07) is 22.6. The van der Waals surface area contributed by atoms with Gasteiger partial charge in [-0.3, -0.25) is 9.69 Å². The molecular weight excluding hydrogens is 362 g/mol. The van der Waals surface area contributed by atoms with Crippen molar-refractivity contribution in [3.8, 4) is 11.1 Å². The monoisotopic (exact) mass is 385 g/mol. The number of carboxylic acids is 1. The third-order valence-electron chi connectivity index (χ3n) is 5.61. The molecule has 3 aromatic carbocycles. The van der Waals surface area contributed by atoms with Gasteiger partial charge in [-0.15, -0.1) is 0 Å². The van der Waals surface area contributed by atoms with Crippen molar-refractivity contribution >= 4 is 23.3 Å². The fourth-order valence-electron chi connectivity index (χ4n) is 3.67. The van der Waals surface area contributed by atoms with Gasteiger partial charge in [0.15, 0.2) is 0 Å². The van der Waals surface area contributed by atoms with E-state index in [0.717, 1.165) is 47.3 Å². The van der Waals surface area contributed by atoms with Crippen LogP contribution in [0.15, 0.2) is 72.8 Å². The van der Waals surface area contributed by atoms with E-state index in [1.807, 2.05) is 72.5 Å². The predicted molar refractivity (Wildman–Crippen MR) is 115 cm³/mol. The van der Waals surface area contributed by atoms with E-state index in [2.05, 4.69) is 0 Å². The minimum absolute atomic E-state index is 0.0785. The summed E-state index contributed by atoms with van der Waals surface area (Å²) in [6.07, 6.45) is 2.99. The lowest BCUT2D eigenvalue weighted by atomic mass is 9.84. The van der Waals surface area contributed by atoms with Gasteiger partial charge in [0, 0.05) is 17.3 Å². The van der Waals surface area contributed by atoms with Crippen LogP contribution >= 0.6 is 0 Å². The lowest BCUT2D eigenvalue weighted by molar-refractivity contribution is -0.123. The Morgan fingerprint density at radius 2 is 1.59 bits per heavy atom. The highest BCUT2D eigenvalue weighted by atomic mass is 16.4. The van der Waals surface area contributed by atoms with Crippen LogP contribution < -0.4 is 4.90 Å². The Bertz CT molecular complexity index is 1040. The molecule has 0 heterocycles. The van der Waals surface area contributed by atoms with E-state index < -0.39 is 5.97 Å². The van der Waals surface area contributed by atoms with Crippen LogP contribution in [0.2, 0.25) is 0 Å². The second kappa shape index (κ2) is 7.92. The maximum atomic E-state index is 13.2. The molecule has 1 saturated carbocycles. The van der Waals surface area contributed by atoms with E-state index in [1.54, 1.807) is 12.1 Å². The van der Waals surface area contributed by atoms with Gasteiger partial charge in [0.25, 0.3) is 0 Å². The van der Waals surface area contributed by atoms with Crippen LogP contribution in [0.25, 0.3) is 11.1 Å². The summed E-state index contributed by atoms with van der Waals surface area (Å²) >= 11 is 0. The lowest BCUT2D eigenvalue weighted by Crippen LogP contribution is -2.35. The van der Waals surface area contributed by atoms with Crippen LogP contribution in [0.5, 0.6) is 0 Å². The largest absolute Gasteiger partial charge is 0.478 e. The summed E-state index contributed by atoms with van der Waals surface area (Å²) in [4.78, 5) is 26.2. The molecule has 1 amide bonds. The van der Waals surface area contributed by atoms with E-state index in [1.165, 1.54) is 0 Å². The molecule has 3 aromatic rings. The van der Waals surface area contributed by atoms with Gasteiger partial charge in [0.05, 0.1) is 5.56 Å². The number of aromatic carboxylic acids is 1. The Labute approximate surface area is 170 Å². The molecule has 0 atom stereocenters. The Kier molecular flexibility index (Phi) is 5.17. The van der Waals surface area contributed by atoms with Gasteiger partial charge in [-0.05, 0) is 72.9 Å². The highest BCUT2D eigenvalue weighted by Gasteiger charge is 2.31. The Hall–Kier alpha value is -3.40. The van der Waals surface area contributed by atoms with Crippen molar-refractivity contribution in [2.45, 2.75) is 26.2 Å². The van der Waals surface area contributed by atoms with Gasteiger partial charge in [0.2, 0.25) is 5.91 Å². The number of nitrogens with zero attached hydrogens (tertiary/aromatic N) is 1. The molecule has 29 heavy (non-hydrogen) atoms. The standard InChI is InChI=1S/C25H23NO3/c1-17-10-15-22(16-23(17)18-11-13-20(14-12-18)25(28)29)26(21-8-3-2-4-9-21)24(27)19-6-5-7-19/h2-4,8-16,19H,5-7H2,1H3,(H,28,29). The van der Waals surface area contributed by atoms with E-state index in [4.69, 9.17) is 5.11 Å². The second-order valence-corrected chi connectivity index (χ2v) is 7.52. The van der Waals surface area contributed by atoms with Gasteiger partial charge in [0.1, 0.15) is 0 Å². The Morgan fingerprint density at radius 3 is 2.17 bits per heavy atom. The fraction of sp³-hybridized carbons (Fsp3) is 0.200. The zero-order chi connectivity index (χ0) is 20.4. The quantitative estimate of drug-likeness (QED) is 0.601. The fourth-order valence-corrected chi connectivity index (χ4v) is 3.67. The number of carbonyl (C=O) groups is 2. The molecule has 0 radical (unpaired) electrons. The molecule has 0 bridgehead atoms. The molecule has 0 saturated heterocycles. The highest BCUT2D eigenvalue weighted by molar-refractivity contribution is 6.02. The summed E-state index contributed by atoms with van der Waals surface area (Å²) < 4.78 is 0. The van der Waals surface area contributed by atoms with Crippen LogP contribution in [-0.2, 0) is 4.79 Å². The first-order chi connectivity index (χ1) is 14.0. The van der Waals surface area contributed by atoms with Crippen LogP contribution in [0.4, 0.5) is 11.4 Å². The average molecular weight is 385 g/mol. The number of aryl methyl sites for hydroxylation is 1. The van der Waals surface area contributed by atoms with Crippen LogP contribution in [0.3, 0.4) is 0 Å². The third kappa shape index (κ3) is 3.79. The maximum absolute atomic E-state index is 13.2. The third-order valence-corrected chi connectivity index (χ3v) is 5.61. The average Bonchev–Trinajstić information content (AvgIpc) is 2.69. The number of benzene rings is 3. The molecule has 0 aliphatic heterocycles. The topological polar surface area (TPSA) is 57.6 Å². The molecule has 1 aliphatic carbocycles. The summed E-state index contributed by atoms with van der Waals surface area (Å²) in [5.74, 6) is -0.725. The van der Waals surface area contributed by atoms with Gasteiger partial charge < -0.3 is 5.11 Å². The van der Waals surface area contributed by atoms with E-state index in [0.29, 0.717) is 0 Å². The zero-order valence-electron chi connectivity index (χ0n) is 16.3. The minimum atomic E-state index is -0.941. The van der Waals surface area contributed by atoms with Crippen molar-refractivity contribution in [3.63, 3.8) is 0 Å². The van der Waals surface area contributed by atoms with Crippen molar-refractivity contribution in [1.82, 2.24) is 0 Å². The predicted octanol–water partition coefficient (Wildman–Crippen LogP) is 5.83. The summed E-state index contributed by atoms with van der Waals surface area (Å²) in [7, 11) is 0. The van der Waals surface area contributed by atoms with Crippen molar-refractivity contribution < 1.29 is 14.7 Å². The molecule has 4 heteroatoms. The highest BCUT2D eigenvalue weighted by Crippen LogP contribution is 2.36. The number of carboxylic acid groups (broad SMARTS) is 1. The first kappa shape index (κ1) is 18.9. The van der Waals surface area contributed by atoms with Gasteiger partial charge in [-0.2, -0.15) is 0 Å². The normalized spacial score (nSPS) is 13.6. The lowest BCUT2D eigenvalue weighted by Gasteiger charge is -2.32. The molecule has 1 fully saturated rings. The number of para-hydroxylation sites is 1. The smallest absolute Gasteiger partial charge is 0.335 e. The second-order valence-electron chi connectivity index (χ2n) is 7.52. The van der Waals surface area contributed by atoms with Crippen molar-refractivity contribution in [2.75, 3.05) is 4.90 Å². The number of hydrogen-bond acceptors (Lipinski definition) is 2. The van der Waals surface area contributed by atoms with Gasteiger partial charge >= 0.3 is 5.97 Å². The molecule has 4 nitrogen and oxygen atoms in total. The van der Waals surface area contributed by atoms with Gasteiger partial charge in [-0.25, -0.2) is 4.79 Å². The minimum Gasteiger partial charge on any atom is -0.478 e. The SMILES string of the molecule is Cc1ccc(N(C(=O)C2CCC2)c2ccccc2)cc1-c1ccc(C(=O)O)cc1. The number of hydrogen-bond donors (Lipinski definition) is 1. The number of amides is 1. The molecule has 146 valence electrons.